The van der Waals surface area contributed by atoms with Gasteiger partial charge in [0.05, 0.1) is 18.9 Å². The number of carbonyl (C=O) groups is 1. The van der Waals surface area contributed by atoms with Crippen LogP contribution in [0.4, 0.5) is 0 Å². The second kappa shape index (κ2) is 6.62. The van der Waals surface area contributed by atoms with Gasteiger partial charge in [0.15, 0.2) is 0 Å². The molecule has 1 atom stereocenters. The van der Waals surface area contributed by atoms with Crippen molar-refractivity contribution in [3.8, 4) is 5.88 Å². The molecule has 1 fully saturated rings. The molecule has 6 nitrogen and oxygen atoms in total. The number of pyridine rings is 1. The molecular formula is C16H19N3O3. The SMILES string of the molecule is COc1ccc(CN2CCC(NC(=O)c3ccoc3)C2)cn1. The highest BCUT2D eigenvalue weighted by Gasteiger charge is 2.24. The molecule has 1 aliphatic rings. The molecule has 0 radical (unpaired) electrons. The summed E-state index contributed by atoms with van der Waals surface area (Å²) >= 11 is 0. The van der Waals surface area contributed by atoms with Crippen LogP contribution in [0.5, 0.6) is 5.88 Å². The summed E-state index contributed by atoms with van der Waals surface area (Å²) < 4.78 is 9.99. The quantitative estimate of drug-likeness (QED) is 0.910. The summed E-state index contributed by atoms with van der Waals surface area (Å²) in [7, 11) is 1.61. The molecule has 1 aliphatic heterocycles. The Labute approximate surface area is 129 Å². The van der Waals surface area contributed by atoms with Gasteiger partial charge in [0.2, 0.25) is 5.88 Å². The molecule has 2 aromatic heterocycles. The van der Waals surface area contributed by atoms with Crippen LogP contribution in [-0.2, 0) is 6.54 Å². The number of carbonyl (C=O) groups excluding carboxylic acids is 1. The van der Waals surface area contributed by atoms with Crippen LogP contribution >= 0.6 is 0 Å². The van der Waals surface area contributed by atoms with E-state index in [0.717, 1.165) is 31.6 Å². The number of methoxy groups -OCH3 is 1. The van der Waals surface area contributed by atoms with E-state index in [4.69, 9.17) is 9.15 Å². The zero-order valence-corrected chi connectivity index (χ0v) is 12.5. The lowest BCUT2D eigenvalue weighted by Gasteiger charge is -2.16. The van der Waals surface area contributed by atoms with Gasteiger partial charge in [-0.05, 0) is 18.1 Å². The highest BCUT2D eigenvalue weighted by Crippen LogP contribution is 2.15. The van der Waals surface area contributed by atoms with Crippen molar-refractivity contribution >= 4 is 5.91 Å². The molecule has 3 rings (SSSR count). The maximum absolute atomic E-state index is 12.0. The molecule has 0 aliphatic carbocycles. The highest BCUT2D eigenvalue weighted by molar-refractivity contribution is 5.93. The smallest absolute Gasteiger partial charge is 0.254 e. The van der Waals surface area contributed by atoms with Gasteiger partial charge in [-0.15, -0.1) is 0 Å². The summed E-state index contributed by atoms with van der Waals surface area (Å²) in [6.07, 6.45) is 5.75. The Hall–Kier alpha value is -2.34. The summed E-state index contributed by atoms with van der Waals surface area (Å²) in [6, 6.07) is 5.73. The van der Waals surface area contributed by atoms with Crippen LogP contribution in [-0.4, -0.2) is 42.0 Å². The largest absolute Gasteiger partial charge is 0.481 e. The standard InChI is InChI=1S/C16H19N3O3/c1-21-15-3-2-12(8-17-15)9-19-6-4-14(10-19)18-16(20)13-5-7-22-11-13/h2-3,5,7-8,11,14H,4,6,9-10H2,1H3,(H,18,20). The first-order chi connectivity index (χ1) is 10.7. The van der Waals surface area contributed by atoms with E-state index in [1.165, 1.54) is 12.5 Å². The summed E-state index contributed by atoms with van der Waals surface area (Å²) in [5.41, 5.74) is 1.71. The van der Waals surface area contributed by atoms with E-state index in [-0.39, 0.29) is 11.9 Å². The van der Waals surface area contributed by atoms with Crippen molar-refractivity contribution in [3.63, 3.8) is 0 Å². The molecule has 0 aromatic carbocycles. The molecule has 1 unspecified atom stereocenters. The summed E-state index contributed by atoms with van der Waals surface area (Å²) in [6.45, 7) is 2.63. The van der Waals surface area contributed by atoms with Gasteiger partial charge in [0.25, 0.3) is 5.91 Å². The third kappa shape index (κ3) is 3.46. The number of nitrogens with one attached hydrogen (secondary N) is 1. The second-order valence-corrected chi connectivity index (χ2v) is 5.42. The van der Waals surface area contributed by atoms with Crippen LogP contribution in [0.25, 0.3) is 0 Å². The van der Waals surface area contributed by atoms with Gasteiger partial charge in [0.1, 0.15) is 6.26 Å². The van der Waals surface area contributed by atoms with Gasteiger partial charge in [-0.3, -0.25) is 9.69 Å². The molecule has 2 aromatic rings. The average molecular weight is 301 g/mol. The van der Waals surface area contributed by atoms with Crippen LogP contribution in [0.15, 0.2) is 41.3 Å². The molecule has 0 saturated carbocycles. The Kier molecular flexibility index (Phi) is 4.39. The van der Waals surface area contributed by atoms with E-state index in [2.05, 4.69) is 15.2 Å². The van der Waals surface area contributed by atoms with Crippen LogP contribution < -0.4 is 10.1 Å². The fourth-order valence-electron chi connectivity index (χ4n) is 2.64. The minimum absolute atomic E-state index is 0.0771. The fourth-order valence-corrected chi connectivity index (χ4v) is 2.64. The van der Waals surface area contributed by atoms with Gasteiger partial charge >= 0.3 is 0 Å². The average Bonchev–Trinajstić information content (AvgIpc) is 3.20. The first kappa shape index (κ1) is 14.6. The first-order valence-corrected chi connectivity index (χ1v) is 7.29. The van der Waals surface area contributed by atoms with E-state index in [9.17, 15) is 4.79 Å². The molecule has 3 heterocycles. The predicted octanol–water partition coefficient (Wildman–Crippen LogP) is 1.69. The molecule has 0 spiro atoms. The molecule has 6 heteroatoms. The van der Waals surface area contributed by atoms with E-state index in [1.54, 1.807) is 13.2 Å². The normalized spacial score (nSPS) is 18.3. The van der Waals surface area contributed by atoms with Crippen LogP contribution in [0.2, 0.25) is 0 Å². The maximum atomic E-state index is 12.0. The number of furan rings is 1. The zero-order chi connectivity index (χ0) is 15.4. The van der Waals surface area contributed by atoms with Crippen molar-refractivity contribution in [1.82, 2.24) is 15.2 Å². The Morgan fingerprint density at radius 2 is 2.41 bits per heavy atom. The summed E-state index contributed by atoms with van der Waals surface area (Å²) in [5.74, 6) is 0.544. The van der Waals surface area contributed by atoms with Crippen LogP contribution in [0.1, 0.15) is 22.3 Å². The molecule has 22 heavy (non-hydrogen) atoms. The van der Waals surface area contributed by atoms with E-state index in [1.807, 2.05) is 18.3 Å². The van der Waals surface area contributed by atoms with E-state index in [0.29, 0.717) is 11.4 Å². The van der Waals surface area contributed by atoms with Crippen molar-refractivity contribution in [2.45, 2.75) is 19.0 Å². The lowest BCUT2D eigenvalue weighted by Crippen LogP contribution is -2.36. The van der Waals surface area contributed by atoms with E-state index < -0.39 is 0 Å². The lowest BCUT2D eigenvalue weighted by molar-refractivity contribution is 0.0937. The molecule has 1 saturated heterocycles. The number of rotatable bonds is 5. The van der Waals surface area contributed by atoms with Crippen molar-refractivity contribution in [2.24, 2.45) is 0 Å². The maximum Gasteiger partial charge on any atom is 0.254 e. The second-order valence-electron chi connectivity index (χ2n) is 5.42. The van der Waals surface area contributed by atoms with Crippen molar-refractivity contribution in [2.75, 3.05) is 20.2 Å². The summed E-state index contributed by atoms with van der Waals surface area (Å²) in [4.78, 5) is 18.5. The molecule has 0 bridgehead atoms. The number of ether oxygens (including phenoxy) is 1. The fraction of sp³-hybridized carbons (Fsp3) is 0.375. The van der Waals surface area contributed by atoms with Crippen LogP contribution in [0, 0.1) is 0 Å². The number of likely N-dealkylation sites (tertiary alicyclic amines) is 1. The van der Waals surface area contributed by atoms with Gasteiger partial charge in [-0.2, -0.15) is 0 Å². The number of amides is 1. The minimum atomic E-state index is -0.0771. The Bertz CT molecular complexity index is 610. The molecule has 1 amide bonds. The number of nitrogens with zero attached hydrogens (tertiary/aromatic N) is 2. The number of aromatic nitrogens is 1. The minimum Gasteiger partial charge on any atom is -0.481 e. The highest BCUT2D eigenvalue weighted by atomic mass is 16.5. The van der Waals surface area contributed by atoms with Crippen molar-refractivity contribution < 1.29 is 13.9 Å². The number of hydrogen-bond acceptors (Lipinski definition) is 5. The zero-order valence-electron chi connectivity index (χ0n) is 12.5. The molecular weight excluding hydrogens is 282 g/mol. The Morgan fingerprint density at radius 1 is 1.50 bits per heavy atom. The molecule has 116 valence electrons. The van der Waals surface area contributed by atoms with Gasteiger partial charge < -0.3 is 14.5 Å². The third-order valence-electron chi connectivity index (χ3n) is 3.80. The van der Waals surface area contributed by atoms with Gasteiger partial charge in [0, 0.05) is 37.9 Å². The topological polar surface area (TPSA) is 67.6 Å². The van der Waals surface area contributed by atoms with Gasteiger partial charge in [-0.25, -0.2) is 4.98 Å². The van der Waals surface area contributed by atoms with E-state index >= 15 is 0 Å². The first-order valence-electron chi connectivity index (χ1n) is 7.29. The lowest BCUT2D eigenvalue weighted by atomic mass is 10.2. The van der Waals surface area contributed by atoms with Gasteiger partial charge in [-0.1, -0.05) is 6.07 Å². The third-order valence-corrected chi connectivity index (χ3v) is 3.80. The molecule has 1 N–H and O–H groups in total. The predicted molar refractivity (Wildman–Crippen MR) is 80.6 cm³/mol. The van der Waals surface area contributed by atoms with Crippen molar-refractivity contribution in [1.29, 1.82) is 0 Å². The number of hydrogen-bond donors (Lipinski definition) is 1. The monoisotopic (exact) mass is 301 g/mol. The van der Waals surface area contributed by atoms with Crippen LogP contribution in [0.3, 0.4) is 0 Å². The summed E-state index contributed by atoms with van der Waals surface area (Å²) in [5, 5.41) is 3.04. The Morgan fingerprint density at radius 3 is 3.09 bits per heavy atom. The Balaban J connectivity index is 1.50. The van der Waals surface area contributed by atoms with Crippen molar-refractivity contribution in [3.05, 3.63) is 48.0 Å².